The van der Waals surface area contributed by atoms with Gasteiger partial charge in [0, 0.05) is 29.4 Å². The molecule has 4 N–H and O–H groups in total. The van der Waals surface area contributed by atoms with Gasteiger partial charge in [-0.05, 0) is 56.0 Å². The van der Waals surface area contributed by atoms with E-state index in [1.807, 2.05) is 42.5 Å². The number of nitrogens with two attached hydrogens (primary N) is 1. The second-order valence-corrected chi connectivity index (χ2v) is 6.97. The van der Waals surface area contributed by atoms with Gasteiger partial charge in [0.05, 0.1) is 0 Å². The van der Waals surface area contributed by atoms with Crippen molar-refractivity contribution >= 4 is 17.3 Å². The van der Waals surface area contributed by atoms with E-state index in [1.54, 1.807) is 0 Å². The lowest BCUT2D eigenvalue weighted by Crippen LogP contribution is -2.34. The monoisotopic (exact) mass is 337 g/mol. The summed E-state index contributed by atoms with van der Waals surface area (Å²) in [6.45, 7) is 2.14. The average molecular weight is 337 g/mol. The van der Waals surface area contributed by atoms with Gasteiger partial charge in [-0.3, -0.25) is 4.79 Å². The molecule has 2 aromatic rings. The molecule has 25 heavy (non-hydrogen) atoms. The molecule has 0 bridgehead atoms. The predicted octanol–water partition coefficient (Wildman–Crippen LogP) is 4.32. The standard InChI is InChI=1S/C21H27N3O/c1-15(16-6-3-2-4-7-16)23-19-10-12-20(13-11-19)24-21(25)17-8-5-9-18(22)14-17/h2-4,6-7,10-13,15,17-18,23H,5,8-9,14,22H2,1H3,(H,24,25). The molecule has 0 radical (unpaired) electrons. The lowest BCUT2D eigenvalue weighted by Gasteiger charge is -2.25. The van der Waals surface area contributed by atoms with E-state index < -0.39 is 0 Å². The van der Waals surface area contributed by atoms with Gasteiger partial charge in [0.2, 0.25) is 5.91 Å². The summed E-state index contributed by atoms with van der Waals surface area (Å²) < 4.78 is 0. The van der Waals surface area contributed by atoms with Crippen LogP contribution in [-0.4, -0.2) is 11.9 Å². The number of amides is 1. The molecule has 3 unspecified atom stereocenters. The van der Waals surface area contributed by atoms with Crippen LogP contribution < -0.4 is 16.4 Å². The van der Waals surface area contributed by atoms with Crippen LogP contribution in [0.5, 0.6) is 0 Å². The second-order valence-electron chi connectivity index (χ2n) is 6.97. The first-order valence-corrected chi connectivity index (χ1v) is 9.10. The van der Waals surface area contributed by atoms with Gasteiger partial charge in [0.25, 0.3) is 0 Å². The molecule has 3 atom stereocenters. The molecule has 1 fully saturated rings. The van der Waals surface area contributed by atoms with Gasteiger partial charge in [0.15, 0.2) is 0 Å². The first-order chi connectivity index (χ1) is 12.1. The highest BCUT2D eigenvalue weighted by Crippen LogP contribution is 2.25. The summed E-state index contributed by atoms with van der Waals surface area (Å²) in [5.41, 5.74) is 9.10. The van der Waals surface area contributed by atoms with Crippen molar-refractivity contribution in [1.82, 2.24) is 0 Å². The quantitative estimate of drug-likeness (QED) is 0.761. The molecule has 132 valence electrons. The highest BCUT2D eigenvalue weighted by molar-refractivity contribution is 5.92. The molecule has 0 aliphatic heterocycles. The van der Waals surface area contributed by atoms with Crippen LogP contribution in [0.1, 0.15) is 44.2 Å². The molecule has 0 spiro atoms. The maximum atomic E-state index is 12.4. The van der Waals surface area contributed by atoms with Crippen molar-refractivity contribution in [3.63, 3.8) is 0 Å². The van der Waals surface area contributed by atoms with Crippen molar-refractivity contribution in [2.45, 2.75) is 44.7 Å². The fourth-order valence-electron chi connectivity index (χ4n) is 3.43. The van der Waals surface area contributed by atoms with E-state index in [2.05, 4.69) is 29.7 Å². The molecule has 4 nitrogen and oxygen atoms in total. The zero-order chi connectivity index (χ0) is 17.6. The van der Waals surface area contributed by atoms with Gasteiger partial charge >= 0.3 is 0 Å². The molecule has 0 heterocycles. The van der Waals surface area contributed by atoms with Crippen molar-refractivity contribution in [3.8, 4) is 0 Å². The maximum absolute atomic E-state index is 12.4. The number of carbonyl (C=O) groups is 1. The largest absolute Gasteiger partial charge is 0.379 e. The SMILES string of the molecule is CC(Nc1ccc(NC(=O)C2CCCC(N)C2)cc1)c1ccccc1. The third kappa shape index (κ3) is 4.83. The molecular formula is C21H27N3O. The van der Waals surface area contributed by atoms with E-state index >= 15 is 0 Å². The summed E-state index contributed by atoms with van der Waals surface area (Å²) in [4.78, 5) is 12.4. The van der Waals surface area contributed by atoms with Crippen molar-refractivity contribution in [2.75, 3.05) is 10.6 Å². The van der Waals surface area contributed by atoms with E-state index in [-0.39, 0.29) is 23.9 Å². The second kappa shape index (κ2) is 8.17. The molecule has 2 aromatic carbocycles. The fourth-order valence-corrected chi connectivity index (χ4v) is 3.43. The van der Waals surface area contributed by atoms with Crippen LogP contribution in [-0.2, 0) is 4.79 Å². The van der Waals surface area contributed by atoms with E-state index in [0.29, 0.717) is 0 Å². The smallest absolute Gasteiger partial charge is 0.227 e. The van der Waals surface area contributed by atoms with Crippen LogP contribution in [0.4, 0.5) is 11.4 Å². The summed E-state index contributed by atoms with van der Waals surface area (Å²) in [5.74, 6) is 0.133. The van der Waals surface area contributed by atoms with Crippen LogP contribution in [0.15, 0.2) is 54.6 Å². The fraction of sp³-hybridized carbons (Fsp3) is 0.381. The van der Waals surface area contributed by atoms with Gasteiger partial charge < -0.3 is 16.4 Å². The van der Waals surface area contributed by atoms with Crippen molar-refractivity contribution in [3.05, 3.63) is 60.2 Å². The minimum atomic E-state index is 0.0413. The van der Waals surface area contributed by atoms with Gasteiger partial charge in [-0.2, -0.15) is 0 Å². The first-order valence-electron chi connectivity index (χ1n) is 9.10. The van der Waals surface area contributed by atoms with Gasteiger partial charge in [-0.1, -0.05) is 36.8 Å². The molecule has 3 rings (SSSR count). The highest BCUT2D eigenvalue weighted by atomic mass is 16.1. The Morgan fingerprint density at radius 3 is 2.40 bits per heavy atom. The molecule has 1 aliphatic rings. The Hall–Kier alpha value is -2.33. The summed E-state index contributed by atoms with van der Waals surface area (Å²) in [6.07, 6.45) is 3.80. The topological polar surface area (TPSA) is 67.1 Å². The maximum Gasteiger partial charge on any atom is 0.227 e. The van der Waals surface area contributed by atoms with Crippen LogP contribution in [0, 0.1) is 5.92 Å². The van der Waals surface area contributed by atoms with Gasteiger partial charge in [-0.25, -0.2) is 0 Å². The summed E-state index contributed by atoms with van der Waals surface area (Å²) in [6, 6.07) is 18.6. The third-order valence-corrected chi connectivity index (χ3v) is 4.92. The van der Waals surface area contributed by atoms with Crippen LogP contribution in [0.2, 0.25) is 0 Å². The number of nitrogens with one attached hydrogen (secondary N) is 2. The molecule has 0 aromatic heterocycles. The molecular weight excluding hydrogens is 310 g/mol. The normalized spacial score (nSPS) is 21.4. The lowest BCUT2D eigenvalue weighted by molar-refractivity contribution is -0.120. The van der Waals surface area contributed by atoms with E-state index in [0.717, 1.165) is 37.1 Å². The van der Waals surface area contributed by atoms with Crippen LogP contribution in [0.3, 0.4) is 0 Å². The Labute approximate surface area is 149 Å². The Bertz CT molecular complexity index is 684. The molecule has 1 amide bonds. The van der Waals surface area contributed by atoms with E-state index in [1.165, 1.54) is 5.56 Å². The minimum absolute atomic E-state index is 0.0413. The number of hydrogen-bond acceptors (Lipinski definition) is 3. The van der Waals surface area contributed by atoms with Gasteiger partial charge in [0.1, 0.15) is 0 Å². The Morgan fingerprint density at radius 1 is 1.04 bits per heavy atom. The lowest BCUT2D eigenvalue weighted by atomic mass is 9.85. The van der Waals surface area contributed by atoms with Crippen LogP contribution in [0.25, 0.3) is 0 Å². The minimum Gasteiger partial charge on any atom is -0.379 e. The number of anilines is 2. The predicted molar refractivity (Wildman–Crippen MR) is 103 cm³/mol. The van der Waals surface area contributed by atoms with Crippen LogP contribution >= 0.6 is 0 Å². The summed E-state index contributed by atoms with van der Waals surface area (Å²) in [7, 11) is 0. The first kappa shape index (κ1) is 17.5. The summed E-state index contributed by atoms with van der Waals surface area (Å²) in [5, 5.41) is 6.50. The van der Waals surface area contributed by atoms with Crippen molar-refractivity contribution in [2.24, 2.45) is 11.7 Å². The number of hydrogen-bond donors (Lipinski definition) is 3. The van der Waals surface area contributed by atoms with Gasteiger partial charge in [-0.15, -0.1) is 0 Å². The summed E-state index contributed by atoms with van der Waals surface area (Å²) >= 11 is 0. The molecule has 4 heteroatoms. The Balaban J connectivity index is 1.56. The number of benzene rings is 2. The zero-order valence-corrected chi connectivity index (χ0v) is 14.7. The average Bonchev–Trinajstić information content (AvgIpc) is 2.64. The Kier molecular flexibility index (Phi) is 5.71. The van der Waals surface area contributed by atoms with Crippen molar-refractivity contribution in [1.29, 1.82) is 0 Å². The zero-order valence-electron chi connectivity index (χ0n) is 14.7. The number of rotatable bonds is 5. The highest BCUT2D eigenvalue weighted by Gasteiger charge is 2.25. The Morgan fingerprint density at radius 2 is 1.72 bits per heavy atom. The molecule has 1 saturated carbocycles. The molecule has 1 aliphatic carbocycles. The molecule has 0 saturated heterocycles. The number of carbonyl (C=O) groups excluding carboxylic acids is 1. The van der Waals surface area contributed by atoms with E-state index in [4.69, 9.17) is 5.73 Å². The third-order valence-electron chi connectivity index (χ3n) is 4.92. The van der Waals surface area contributed by atoms with E-state index in [9.17, 15) is 4.79 Å². The van der Waals surface area contributed by atoms with Crippen molar-refractivity contribution < 1.29 is 4.79 Å².